The molecule has 63 heavy (non-hydrogen) atoms. The molecule has 3 saturated heterocycles. The molecule has 6 heterocycles. The highest BCUT2D eigenvalue weighted by atomic mass is 19.1. The molecule has 3 aliphatic heterocycles. The van der Waals surface area contributed by atoms with E-state index in [9.17, 15) is 24.8 Å². The van der Waals surface area contributed by atoms with Gasteiger partial charge in [0.05, 0.1) is 47.0 Å². The number of rotatable bonds is 11. The predicted molar refractivity (Wildman–Crippen MR) is 230 cm³/mol. The van der Waals surface area contributed by atoms with Crippen LogP contribution in [0.25, 0.3) is 16.4 Å². The molecule has 3 amide bonds. The van der Waals surface area contributed by atoms with Gasteiger partial charge >= 0.3 is 0 Å². The van der Waals surface area contributed by atoms with Gasteiger partial charge in [-0.2, -0.15) is 15.5 Å². The molecule has 17 heteroatoms. The van der Waals surface area contributed by atoms with E-state index in [2.05, 4.69) is 31.6 Å². The average molecular weight is 863 g/mol. The number of aromatic nitrogens is 4. The Bertz CT molecular complexity index is 2600. The highest BCUT2D eigenvalue weighted by Gasteiger charge is 2.38. The number of hydrogen-bond donors (Lipinski definition) is 3. The number of benzene rings is 2. The third-order valence-electron chi connectivity index (χ3n) is 13.4. The minimum absolute atomic E-state index is 0.0522. The number of ether oxygens (including phenoxy) is 1. The van der Waals surface area contributed by atoms with Crippen LogP contribution in [0.5, 0.6) is 0 Å². The van der Waals surface area contributed by atoms with Gasteiger partial charge in [0.25, 0.3) is 5.91 Å². The van der Waals surface area contributed by atoms with Crippen molar-refractivity contribution in [2.75, 3.05) is 63.2 Å². The Hall–Kier alpha value is -5.80. The molecule has 3 aromatic heterocycles. The van der Waals surface area contributed by atoms with Gasteiger partial charge in [0.15, 0.2) is 0 Å². The first kappa shape index (κ1) is 42.5. The SMILES string of the molecule is COC[C@H]1CN(CC2CN(c3cc(F)c([C@H]4CCC(=O)NC4=O)c(F)c3)C2)CCN1C1CCC(n2cc3cc(NC(=O)c4ccc5cc(C#N)cnn45)c(C(C)(C)O)cc3n2)CC1. The van der Waals surface area contributed by atoms with E-state index >= 15 is 8.78 Å². The Morgan fingerprint density at radius 1 is 1.02 bits per heavy atom. The quantitative estimate of drug-likeness (QED) is 0.151. The Labute approximate surface area is 363 Å². The summed E-state index contributed by atoms with van der Waals surface area (Å²) < 4.78 is 39.7. The highest BCUT2D eigenvalue weighted by molar-refractivity contribution is 6.05. The van der Waals surface area contributed by atoms with Gasteiger partial charge in [-0.05, 0) is 88.4 Å². The lowest BCUT2D eigenvalue weighted by Gasteiger charge is -2.49. The number of aliphatic hydroxyl groups is 1. The molecule has 0 radical (unpaired) electrons. The molecule has 0 spiro atoms. The summed E-state index contributed by atoms with van der Waals surface area (Å²) in [5.74, 6) is -3.66. The number of halogens is 2. The number of nitriles is 1. The first-order chi connectivity index (χ1) is 30.3. The number of nitrogens with one attached hydrogen (secondary N) is 2. The van der Waals surface area contributed by atoms with Crippen molar-refractivity contribution in [3.05, 3.63) is 88.9 Å². The molecule has 3 N–H and O–H groups in total. The number of piperidine rings is 1. The largest absolute Gasteiger partial charge is 0.386 e. The van der Waals surface area contributed by atoms with Gasteiger partial charge < -0.3 is 25.0 Å². The van der Waals surface area contributed by atoms with E-state index in [-0.39, 0.29) is 30.5 Å². The number of imide groups is 1. The Morgan fingerprint density at radius 3 is 2.46 bits per heavy atom. The van der Waals surface area contributed by atoms with Crippen LogP contribution in [0.15, 0.2) is 54.9 Å². The normalized spacial score (nSPS) is 22.9. The molecule has 2 atom stereocenters. The smallest absolute Gasteiger partial charge is 0.274 e. The zero-order chi connectivity index (χ0) is 44.2. The standard InChI is InChI=1S/C46H52F2N10O5/c1-46(2,62)36-18-39-29(15-40(36)51-45(61)41-10-8-32-14-27(19-49)20-50-58(32)41)24-57(53-39)31-6-4-30(5-7-31)56-13-12-54(25-34(56)26-63-3)21-28-22-55(23-28)33-16-37(47)43(38(48)17-33)35-9-11-42(59)52-44(35)60/h8,10,14-18,20,24,28,30-31,34-35,62H,4-7,9,11-13,21-23,25-26H2,1-3H3,(H,51,61)(H,52,59,60)/t30?,31?,34-,35-/m1/s1. The number of carbonyl (C=O) groups excluding carboxylic acids is 3. The molecule has 1 saturated carbocycles. The van der Waals surface area contributed by atoms with Crippen LogP contribution in [0.2, 0.25) is 0 Å². The average Bonchev–Trinajstić information content (AvgIpc) is 3.86. The van der Waals surface area contributed by atoms with Crippen molar-refractivity contribution in [2.45, 2.75) is 82.0 Å². The lowest BCUT2D eigenvalue weighted by atomic mass is 9.88. The lowest BCUT2D eigenvalue weighted by molar-refractivity contribution is -0.134. The summed E-state index contributed by atoms with van der Waals surface area (Å²) in [6.45, 7) is 8.95. The van der Waals surface area contributed by atoms with Crippen LogP contribution in [-0.2, 0) is 19.9 Å². The minimum atomic E-state index is -1.27. The molecule has 9 rings (SSSR count). The number of anilines is 2. The highest BCUT2D eigenvalue weighted by Crippen LogP contribution is 2.38. The van der Waals surface area contributed by atoms with E-state index in [1.54, 1.807) is 39.2 Å². The molecule has 0 unspecified atom stereocenters. The van der Waals surface area contributed by atoms with Crippen LogP contribution < -0.4 is 15.5 Å². The van der Waals surface area contributed by atoms with Crippen LogP contribution in [0.3, 0.4) is 0 Å². The van der Waals surface area contributed by atoms with Gasteiger partial charge in [0.2, 0.25) is 11.8 Å². The third-order valence-corrected chi connectivity index (χ3v) is 13.4. The number of hydrogen-bond acceptors (Lipinski definition) is 11. The second kappa shape index (κ2) is 17.1. The van der Waals surface area contributed by atoms with Crippen LogP contribution in [-0.4, -0.2) is 117 Å². The lowest BCUT2D eigenvalue weighted by Crippen LogP contribution is -2.61. The van der Waals surface area contributed by atoms with Gasteiger partial charge in [-0.1, -0.05) is 0 Å². The van der Waals surface area contributed by atoms with Crippen LogP contribution in [0.4, 0.5) is 20.2 Å². The second-order valence-corrected chi connectivity index (χ2v) is 18.2. The van der Waals surface area contributed by atoms with Crippen molar-refractivity contribution in [1.82, 2.24) is 34.5 Å². The molecule has 4 aliphatic rings. The fourth-order valence-electron chi connectivity index (χ4n) is 10.2. The van der Waals surface area contributed by atoms with E-state index < -0.39 is 40.9 Å². The maximum Gasteiger partial charge on any atom is 0.274 e. The first-order valence-corrected chi connectivity index (χ1v) is 21.8. The molecular weight excluding hydrogens is 811 g/mol. The van der Waals surface area contributed by atoms with Crippen LogP contribution >= 0.6 is 0 Å². The topological polar surface area (TPSA) is 173 Å². The van der Waals surface area contributed by atoms with E-state index in [4.69, 9.17) is 9.84 Å². The summed E-state index contributed by atoms with van der Waals surface area (Å²) in [5.41, 5.74) is 2.00. The summed E-state index contributed by atoms with van der Waals surface area (Å²) >= 11 is 0. The Balaban J connectivity index is 0.800. The van der Waals surface area contributed by atoms with E-state index in [1.165, 1.54) is 22.8 Å². The Kier molecular flexibility index (Phi) is 11.5. The molecule has 0 bridgehead atoms. The van der Waals surface area contributed by atoms with Crippen molar-refractivity contribution in [3.8, 4) is 6.07 Å². The Morgan fingerprint density at radius 2 is 1.76 bits per heavy atom. The molecule has 330 valence electrons. The summed E-state index contributed by atoms with van der Waals surface area (Å²) in [7, 11) is 1.75. The maximum atomic E-state index is 15.2. The van der Waals surface area contributed by atoms with E-state index in [0.29, 0.717) is 65.4 Å². The molecule has 1 aliphatic carbocycles. The third kappa shape index (κ3) is 8.52. The van der Waals surface area contributed by atoms with Crippen molar-refractivity contribution in [2.24, 2.45) is 5.92 Å². The predicted octanol–water partition coefficient (Wildman–Crippen LogP) is 5.09. The molecule has 2 aromatic carbocycles. The van der Waals surface area contributed by atoms with Gasteiger partial charge in [0, 0.05) is 105 Å². The fraction of sp³-hybridized carbons (Fsp3) is 0.478. The molecule has 5 aromatic rings. The first-order valence-electron chi connectivity index (χ1n) is 21.8. The zero-order valence-electron chi connectivity index (χ0n) is 35.7. The number of piperazine rings is 1. The molecular formula is C46H52F2N10O5. The minimum Gasteiger partial charge on any atom is -0.386 e. The second-order valence-electron chi connectivity index (χ2n) is 18.2. The van der Waals surface area contributed by atoms with Crippen molar-refractivity contribution >= 4 is 45.5 Å². The number of amides is 3. The number of carbonyl (C=O) groups is 3. The van der Waals surface area contributed by atoms with E-state index in [1.807, 2.05) is 27.9 Å². The van der Waals surface area contributed by atoms with Crippen molar-refractivity contribution < 1.29 is 33.0 Å². The van der Waals surface area contributed by atoms with E-state index in [0.717, 1.165) is 62.8 Å². The molecule has 15 nitrogen and oxygen atoms in total. The summed E-state index contributed by atoms with van der Waals surface area (Å²) in [5, 5.41) is 35.7. The van der Waals surface area contributed by atoms with Crippen LogP contribution in [0.1, 0.15) is 91.5 Å². The summed E-state index contributed by atoms with van der Waals surface area (Å²) in [4.78, 5) is 44.5. The maximum absolute atomic E-state index is 15.2. The van der Waals surface area contributed by atoms with Gasteiger partial charge in [-0.25, -0.2) is 13.3 Å². The summed E-state index contributed by atoms with van der Waals surface area (Å²) in [6, 6.07) is 14.3. The number of methoxy groups -OCH3 is 1. The summed E-state index contributed by atoms with van der Waals surface area (Å²) in [6.07, 6.45) is 7.52. The van der Waals surface area contributed by atoms with Gasteiger partial charge in [-0.15, -0.1) is 0 Å². The zero-order valence-corrected chi connectivity index (χ0v) is 35.7. The van der Waals surface area contributed by atoms with Gasteiger partial charge in [0.1, 0.15) is 23.4 Å². The number of nitrogens with zero attached hydrogens (tertiary/aromatic N) is 8. The van der Waals surface area contributed by atoms with Crippen molar-refractivity contribution in [1.29, 1.82) is 5.26 Å². The number of fused-ring (bicyclic) bond motifs is 2. The van der Waals surface area contributed by atoms with Gasteiger partial charge in [-0.3, -0.25) is 29.3 Å². The molecule has 4 fully saturated rings. The monoisotopic (exact) mass is 862 g/mol. The fourth-order valence-corrected chi connectivity index (χ4v) is 10.2. The van der Waals surface area contributed by atoms with Crippen LogP contribution in [0, 0.1) is 28.9 Å². The van der Waals surface area contributed by atoms with Crippen molar-refractivity contribution in [3.63, 3.8) is 0 Å².